The first kappa shape index (κ1) is 20.5. The molecule has 2 aliphatic rings. The summed E-state index contributed by atoms with van der Waals surface area (Å²) in [4.78, 5) is 41.2. The van der Waals surface area contributed by atoms with Gasteiger partial charge in [0.2, 0.25) is 11.6 Å². The van der Waals surface area contributed by atoms with Crippen molar-refractivity contribution in [3.05, 3.63) is 59.2 Å². The largest absolute Gasteiger partial charge is 0.373 e. The van der Waals surface area contributed by atoms with Crippen LogP contribution in [0.5, 0.6) is 0 Å². The lowest BCUT2D eigenvalue weighted by Gasteiger charge is -2.35. The van der Waals surface area contributed by atoms with Gasteiger partial charge in [-0.1, -0.05) is 24.3 Å². The molecule has 0 bridgehead atoms. The number of imidazole rings is 1. The van der Waals surface area contributed by atoms with E-state index in [1.807, 2.05) is 0 Å². The number of ether oxygens (including phenoxy) is 1. The van der Waals surface area contributed by atoms with Crippen LogP contribution in [0.3, 0.4) is 0 Å². The number of carbonyl (C=O) groups is 3. The van der Waals surface area contributed by atoms with Crippen molar-refractivity contribution in [2.24, 2.45) is 5.92 Å². The summed E-state index contributed by atoms with van der Waals surface area (Å²) in [5, 5.41) is 0.129. The van der Waals surface area contributed by atoms with E-state index in [1.54, 1.807) is 0 Å². The van der Waals surface area contributed by atoms with Gasteiger partial charge in [0.25, 0.3) is 0 Å². The maximum atomic E-state index is 15.0. The molecule has 6 nitrogen and oxygen atoms in total. The quantitative estimate of drug-likeness (QED) is 0.341. The Kier molecular flexibility index (Phi) is 4.52. The summed E-state index contributed by atoms with van der Waals surface area (Å²) >= 11 is 0. The minimum absolute atomic E-state index is 0.0486. The maximum Gasteiger partial charge on any atom is 0.315 e. The highest BCUT2D eigenvalue weighted by Gasteiger charge is 2.59. The Morgan fingerprint density at radius 1 is 1.25 bits per heavy atom. The number of halogens is 4. The molecule has 5 rings (SSSR count). The van der Waals surface area contributed by atoms with Gasteiger partial charge in [0.1, 0.15) is 0 Å². The van der Waals surface area contributed by atoms with Crippen LogP contribution >= 0.6 is 0 Å². The number of nitrogens with zero attached hydrogens (tertiary/aromatic N) is 2. The Morgan fingerprint density at radius 3 is 2.66 bits per heavy atom. The second-order valence-corrected chi connectivity index (χ2v) is 7.63. The molecule has 1 aliphatic heterocycles. The minimum Gasteiger partial charge on any atom is -0.373 e. The summed E-state index contributed by atoms with van der Waals surface area (Å²) in [7, 11) is 0. The van der Waals surface area contributed by atoms with Crippen LogP contribution in [-0.2, 0) is 4.74 Å². The van der Waals surface area contributed by atoms with Gasteiger partial charge in [-0.15, -0.1) is 0 Å². The Morgan fingerprint density at radius 2 is 1.97 bits per heavy atom. The standard InChI is InChI=1S/C22H14F4N2O4/c23-21(24)18(30)16-15-14(20(31)22(25,26)12-5-8-32-19(12)15)10-3-1-2-4-11(10)17(16)28-7-6-27-13(28)9-29/h1-4,6-7,9,12,19,21H,5,8H2/t12-,19+/m0/s1. The van der Waals surface area contributed by atoms with E-state index in [1.165, 1.54) is 36.7 Å². The first-order valence-corrected chi connectivity index (χ1v) is 9.73. The monoisotopic (exact) mass is 446 g/mol. The van der Waals surface area contributed by atoms with E-state index in [9.17, 15) is 23.2 Å². The number of fused-ring (bicyclic) bond motifs is 5. The number of ketones is 2. The predicted octanol–water partition coefficient (Wildman–Crippen LogP) is 4.20. The molecule has 164 valence electrons. The van der Waals surface area contributed by atoms with E-state index < -0.39 is 47.1 Å². The molecule has 32 heavy (non-hydrogen) atoms. The molecule has 1 aliphatic carbocycles. The zero-order valence-electron chi connectivity index (χ0n) is 16.2. The van der Waals surface area contributed by atoms with Gasteiger partial charge in [-0.05, 0) is 11.8 Å². The van der Waals surface area contributed by atoms with Gasteiger partial charge in [-0.2, -0.15) is 8.78 Å². The number of aromatic nitrogens is 2. The van der Waals surface area contributed by atoms with Crippen LogP contribution in [0.15, 0.2) is 36.7 Å². The molecular weight excluding hydrogens is 432 g/mol. The second kappa shape index (κ2) is 7.06. The van der Waals surface area contributed by atoms with E-state index >= 15 is 8.78 Å². The van der Waals surface area contributed by atoms with E-state index in [4.69, 9.17) is 4.74 Å². The summed E-state index contributed by atoms with van der Waals surface area (Å²) in [6, 6.07) is 5.82. The fraction of sp³-hybridized carbons (Fsp3) is 0.273. The molecule has 0 amide bonds. The summed E-state index contributed by atoms with van der Waals surface area (Å²) in [5.41, 5.74) is -1.53. The van der Waals surface area contributed by atoms with Crippen LogP contribution in [-0.4, -0.2) is 46.4 Å². The Bertz CT molecular complexity index is 1300. The number of carbonyl (C=O) groups excluding carboxylic acids is 3. The van der Waals surface area contributed by atoms with Gasteiger partial charge in [0.05, 0.1) is 23.3 Å². The third kappa shape index (κ3) is 2.62. The average Bonchev–Trinajstić information content (AvgIpc) is 3.45. The third-order valence-corrected chi connectivity index (χ3v) is 6.06. The maximum absolute atomic E-state index is 15.0. The third-order valence-electron chi connectivity index (χ3n) is 6.06. The van der Waals surface area contributed by atoms with Crippen molar-refractivity contribution in [3.8, 4) is 5.69 Å². The summed E-state index contributed by atoms with van der Waals surface area (Å²) in [6.45, 7) is -0.118. The molecule has 10 heteroatoms. The first-order valence-electron chi connectivity index (χ1n) is 9.73. The molecule has 1 fully saturated rings. The van der Waals surface area contributed by atoms with Gasteiger partial charge in [-0.25, -0.2) is 13.8 Å². The van der Waals surface area contributed by atoms with Crippen molar-refractivity contribution >= 4 is 28.6 Å². The second-order valence-electron chi connectivity index (χ2n) is 7.63. The number of Topliss-reactive ketones (excluding diaryl/α,β-unsaturated/α-hetero) is 2. The molecule has 3 aromatic rings. The molecule has 1 saturated heterocycles. The Balaban J connectivity index is 2.02. The van der Waals surface area contributed by atoms with Crippen molar-refractivity contribution in [2.45, 2.75) is 24.9 Å². The van der Waals surface area contributed by atoms with Gasteiger partial charge < -0.3 is 4.74 Å². The smallest absolute Gasteiger partial charge is 0.315 e. The lowest BCUT2D eigenvalue weighted by atomic mass is 9.73. The number of alkyl halides is 4. The highest BCUT2D eigenvalue weighted by atomic mass is 19.3. The Hall–Kier alpha value is -3.40. The molecule has 2 heterocycles. The molecule has 0 radical (unpaired) electrons. The van der Waals surface area contributed by atoms with Gasteiger partial charge >= 0.3 is 12.3 Å². The number of aldehydes is 1. The number of rotatable bonds is 4. The highest BCUT2D eigenvalue weighted by molar-refractivity contribution is 6.20. The normalized spacial score (nSPS) is 21.6. The van der Waals surface area contributed by atoms with Crippen molar-refractivity contribution in [1.29, 1.82) is 0 Å². The topological polar surface area (TPSA) is 78.3 Å². The van der Waals surface area contributed by atoms with Crippen molar-refractivity contribution in [2.75, 3.05) is 6.61 Å². The fourth-order valence-corrected chi connectivity index (χ4v) is 4.75. The molecule has 1 aromatic heterocycles. The van der Waals surface area contributed by atoms with E-state index in [0.29, 0.717) is 6.29 Å². The molecule has 0 N–H and O–H groups in total. The van der Waals surface area contributed by atoms with E-state index in [0.717, 1.165) is 4.57 Å². The van der Waals surface area contributed by atoms with Gasteiger partial charge in [0.15, 0.2) is 12.1 Å². The fourth-order valence-electron chi connectivity index (χ4n) is 4.75. The van der Waals surface area contributed by atoms with Crippen LogP contribution in [0.2, 0.25) is 0 Å². The van der Waals surface area contributed by atoms with Gasteiger partial charge in [-0.3, -0.25) is 19.0 Å². The first-order chi connectivity index (χ1) is 15.3. The van der Waals surface area contributed by atoms with Crippen molar-refractivity contribution < 1.29 is 36.7 Å². The highest BCUT2D eigenvalue weighted by Crippen LogP contribution is 2.54. The number of hydrogen-bond acceptors (Lipinski definition) is 5. The van der Waals surface area contributed by atoms with Crippen LogP contribution < -0.4 is 0 Å². The summed E-state index contributed by atoms with van der Waals surface area (Å²) in [5.74, 6) is -8.75. The lowest BCUT2D eigenvalue weighted by Crippen LogP contribution is -2.44. The molecule has 2 atom stereocenters. The number of hydrogen-bond donors (Lipinski definition) is 0. The molecule has 0 unspecified atom stereocenters. The van der Waals surface area contributed by atoms with E-state index in [-0.39, 0.29) is 40.9 Å². The van der Waals surface area contributed by atoms with Crippen LogP contribution in [0.4, 0.5) is 17.6 Å². The lowest BCUT2D eigenvalue weighted by molar-refractivity contribution is -0.0630. The minimum atomic E-state index is -3.79. The van der Waals surface area contributed by atoms with Crippen molar-refractivity contribution in [1.82, 2.24) is 9.55 Å². The average molecular weight is 446 g/mol. The zero-order valence-corrected chi connectivity index (χ0v) is 16.2. The Labute approximate surface area is 177 Å². The zero-order chi connectivity index (χ0) is 22.8. The summed E-state index contributed by atoms with van der Waals surface area (Å²) in [6.07, 6.45) is -2.17. The van der Waals surface area contributed by atoms with Crippen molar-refractivity contribution in [3.63, 3.8) is 0 Å². The van der Waals surface area contributed by atoms with Crippen LogP contribution in [0, 0.1) is 5.92 Å². The van der Waals surface area contributed by atoms with Crippen LogP contribution in [0.25, 0.3) is 16.5 Å². The summed E-state index contributed by atoms with van der Waals surface area (Å²) < 4.78 is 64.2. The van der Waals surface area contributed by atoms with E-state index in [2.05, 4.69) is 4.98 Å². The molecule has 2 aromatic carbocycles. The number of benzene rings is 2. The molecule has 0 spiro atoms. The predicted molar refractivity (Wildman–Crippen MR) is 103 cm³/mol. The van der Waals surface area contributed by atoms with Crippen LogP contribution in [0.1, 0.15) is 49.4 Å². The SMILES string of the molecule is O=Cc1nccn1-c1c(C(=O)C(F)F)c2c(c3ccccc13)C(=O)C(F)(F)[C@H]1CCO[C@@H]21. The van der Waals surface area contributed by atoms with Gasteiger partial charge in [0, 0.05) is 35.5 Å². The molecular formula is C22H14F4N2O4. The molecule has 0 saturated carbocycles.